The van der Waals surface area contributed by atoms with Gasteiger partial charge >= 0.3 is 0 Å². The van der Waals surface area contributed by atoms with Crippen molar-refractivity contribution in [3.63, 3.8) is 0 Å². The predicted octanol–water partition coefficient (Wildman–Crippen LogP) is 3.63. The topological polar surface area (TPSA) is 98.5 Å². The quantitative estimate of drug-likeness (QED) is 0.623. The molecule has 0 aliphatic carbocycles. The molecule has 0 aliphatic heterocycles. The third-order valence-corrected chi connectivity index (χ3v) is 5.90. The van der Waals surface area contributed by atoms with Crippen molar-refractivity contribution >= 4 is 50.7 Å². The van der Waals surface area contributed by atoms with Crippen molar-refractivity contribution < 1.29 is 22.3 Å². The van der Waals surface area contributed by atoms with E-state index >= 15 is 0 Å². The largest absolute Gasteiger partial charge is 0.491 e. The second-order valence-corrected chi connectivity index (χ2v) is 8.47. The number of hydrogen-bond acceptors (Lipinski definition) is 4. The molecule has 0 radical (unpaired) electrons. The monoisotopic (exact) mass is 454 g/mol. The maximum Gasteiger partial charge on any atom is 0.252 e. The van der Waals surface area contributed by atoms with Crippen LogP contribution in [-0.2, 0) is 10.0 Å². The molecule has 0 heterocycles. The lowest BCUT2D eigenvalue weighted by Crippen LogP contribution is -2.37. The number of halogens is 4. The van der Waals surface area contributed by atoms with Crippen molar-refractivity contribution in [1.29, 1.82) is 0 Å². The Labute approximate surface area is 170 Å². The Morgan fingerprint density at radius 1 is 1.22 bits per heavy atom. The minimum absolute atomic E-state index is 0.0559. The summed E-state index contributed by atoms with van der Waals surface area (Å²) in [6.45, 7) is 1.37. The summed E-state index contributed by atoms with van der Waals surface area (Å²) >= 11 is 17.2. The molecule has 1 amide bonds. The van der Waals surface area contributed by atoms with Crippen LogP contribution in [0, 0.1) is 5.82 Å². The molecule has 1 atom stereocenters. The van der Waals surface area contributed by atoms with Gasteiger partial charge in [-0.25, -0.2) is 17.5 Å². The highest BCUT2D eigenvalue weighted by Gasteiger charge is 2.23. The zero-order valence-electron chi connectivity index (χ0n) is 13.8. The average molecular weight is 456 g/mol. The van der Waals surface area contributed by atoms with Gasteiger partial charge in [0, 0.05) is 5.02 Å². The predicted molar refractivity (Wildman–Crippen MR) is 102 cm³/mol. The van der Waals surface area contributed by atoms with Gasteiger partial charge in [0.25, 0.3) is 5.91 Å². The van der Waals surface area contributed by atoms with E-state index in [1.165, 1.54) is 25.1 Å². The molecule has 0 fully saturated rings. The maximum absolute atomic E-state index is 13.6. The summed E-state index contributed by atoms with van der Waals surface area (Å²) in [5.41, 5.74) is 5.32. The van der Waals surface area contributed by atoms with E-state index in [1.54, 1.807) is 0 Å². The minimum Gasteiger partial charge on any atom is -0.491 e. The van der Waals surface area contributed by atoms with E-state index in [9.17, 15) is 17.6 Å². The number of sulfonamides is 1. The maximum atomic E-state index is 13.6. The van der Waals surface area contributed by atoms with Gasteiger partial charge in [0.2, 0.25) is 10.0 Å². The van der Waals surface area contributed by atoms with Crippen molar-refractivity contribution in [3.05, 3.63) is 56.8 Å². The van der Waals surface area contributed by atoms with Gasteiger partial charge in [-0.3, -0.25) is 4.79 Å². The lowest BCUT2D eigenvalue weighted by molar-refractivity contribution is 0.0996. The fraction of sp³-hybridized carbons (Fsp3) is 0.188. The number of amides is 1. The summed E-state index contributed by atoms with van der Waals surface area (Å²) in [6.07, 6.45) is 0. The number of carbonyl (C=O) groups excluding carboxylic acids is 1. The molecule has 0 unspecified atom stereocenters. The van der Waals surface area contributed by atoms with Crippen LogP contribution in [0.4, 0.5) is 4.39 Å². The van der Waals surface area contributed by atoms with Crippen molar-refractivity contribution in [1.82, 2.24) is 4.72 Å². The zero-order valence-corrected chi connectivity index (χ0v) is 16.9. The molecule has 6 nitrogen and oxygen atoms in total. The van der Waals surface area contributed by atoms with Gasteiger partial charge in [-0.1, -0.05) is 34.8 Å². The number of nitrogens with one attached hydrogen (secondary N) is 1. The summed E-state index contributed by atoms with van der Waals surface area (Å²) in [5, 5.41) is -0.225. The summed E-state index contributed by atoms with van der Waals surface area (Å²) in [6, 6.07) is 5.25. The normalized spacial score (nSPS) is 12.6. The van der Waals surface area contributed by atoms with Gasteiger partial charge in [0.15, 0.2) is 0 Å². The second kappa shape index (κ2) is 8.62. The van der Waals surface area contributed by atoms with E-state index < -0.39 is 32.7 Å². The number of nitrogens with two attached hydrogens (primary N) is 1. The van der Waals surface area contributed by atoms with Gasteiger partial charge < -0.3 is 10.5 Å². The first-order valence-corrected chi connectivity index (χ1v) is 10.0. The van der Waals surface area contributed by atoms with Crippen LogP contribution in [0.1, 0.15) is 17.3 Å². The van der Waals surface area contributed by atoms with Gasteiger partial charge in [-0.15, -0.1) is 0 Å². The number of rotatable bonds is 7. The van der Waals surface area contributed by atoms with Gasteiger partial charge in [-0.2, -0.15) is 0 Å². The van der Waals surface area contributed by atoms with Crippen LogP contribution >= 0.6 is 34.8 Å². The highest BCUT2D eigenvalue weighted by molar-refractivity contribution is 7.89. The molecule has 0 bridgehead atoms. The van der Waals surface area contributed by atoms with Crippen molar-refractivity contribution in [2.45, 2.75) is 17.9 Å². The van der Waals surface area contributed by atoms with Crippen LogP contribution in [0.3, 0.4) is 0 Å². The van der Waals surface area contributed by atoms with E-state index in [4.69, 9.17) is 45.3 Å². The molecule has 0 saturated heterocycles. The number of carbonyl (C=O) groups is 1. The van der Waals surface area contributed by atoms with E-state index in [0.29, 0.717) is 5.02 Å². The molecule has 27 heavy (non-hydrogen) atoms. The van der Waals surface area contributed by atoms with Crippen molar-refractivity contribution in [3.8, 4) is 5.75 Å². The SMILES string of the molecule is C[C@@H](COc1ccc(Cl)cc1C(N)=O)NS(=O)(=O)c1cc(F)c(Cl)cc1Cl. The number of ether oxygens (including phenoxy) is 1. The molecular formula is C16H14Cl3FN2O4S. The summed E-state index contributed by atoms with van der Waals surface area (Å²) in [4.78, 5) is 11.0. The summed E-state index contributed by atoms with van der Waals surface area (Å²) < 4.78 is 46.2. The van der Waals surface area contributed by atoms with Gasteiger partial charge in [0.05, 0.1) is 21.7 Å². The highest BCUT2D eigenvalue weighted by atomic mass is 35.5. The first-order valence-electron chi connectivity index (χ1n) is 7.40. The standard InChI is InChI=1S/C16H14Cl3FN2O4S/c1-8(7-26-14-3-2-9(17)4-10(14)16(21)23)22-27(24,25)15-6-13(20)11(18)5-12(15)19/h2-6,8,22H,7H2,1H3,(H2,21,23)/t8-/m0/s1. The Balaban J connectivity index is 2.13. The van der Waals surface area contributed by atoms with Crippen LogP contribution < -0.4 is 15.2 Å². The Morgan fingerprint density at radius 2 is 1.89 bits per heavy atom. The third kappa shape index (κ3) is 5.46. The molecule has 0 aliphatic rings. The van der Waals surface area contributed by atoms with Crippen LogP contribution in [0.5, 0.6) is 5.75 Å². The van der Waals surface area contributed by atoms with E-state index in [0.717, 1.165) is 12.1 Å². The van der Waals surface area contributed by atoms with Crippen LogP contribution in [0.2, 0.25) is 15.1 Å². The molecule has 146 valence electrons. The molecule has 2 rings (SSSR count). The molecule has 11 heteroatoms. The van der Waals surface area contributed by atoms with E-state index in [1.807, 2.05) is 0 Å². The first kappa shape index (κ1) is 21.7. The van der Waals surface area contributed by atoms with Crippen LogP contribution in [-0.4, -0.2) is 27.0 Å². The Bertz CT molecular complexity index is 986. The number of hydrogen-bond donors (Lipinski definition) is 2. The zero-order chi connectivity index (χ0) is 20.4. The van der Waals surface area contributed by atoms with E-state index in [2.05, 4.69) is 4.72 Å². The number of primary amides is 1. The molecule has 0 aromatic heterocycles. The van der Waals surface area contributed by atoms with E-state index in [-0.39, 0.29) is 28.0 Å². The fourth-order valence-corrected chi connectivity index (χ4v) is 4.27. The molecule has 0 saturated carbocycles. The van der Waals surface area contributed by atoms with Crippen molar-refractivity contribution in [2.24, 2.45) is 5.73 Å². The Hall–Kier alpha value is -1.58. The summed E-state index contributed by atoms with van der Waals surface area (Å²) in [7, 11) is -4.14. The van der Waals surface area contributed by atoms with Gasteiger partial charge in [0.1, 0.15) is 23.1 Å². The van der Waals surface area contributed by atoms with Crippen molar-refractivity contribution in [2.75, 3.05) is 6.61 Å². The lowest BCUT2D eigenvalue weighted by Gasteiger charge is -2.17. The molecule has 3 N–H and O–H groups in total. The number of benzene rings is 2. The first-order chi connectivity index (χ1) is 12.5. The lowest BCUT2D eigenvalue weighted by atomic mass is 10.2. The van der Waals surface area contributed by atoms with Gasteiger partial charge in [-0.05, 0) is 37.3 Å². The molecule has 2 aromatic rings. The smallest absolute Gasteiger partial charge is 0.252 e. The Kier molecular flexibility index (Phi) is 6.93. The molecule has 2 aromatic carbocycles. The fourth-order valence-electron chi connectivity index (χ4n) is 2.11. The second-order valence-electron chi connectivity index (χ2n) is 5.53. The van der Waals surface area contributed by atoms with Crippen LogP contribution in [0.25, 0.3) is 0 Å². The average Bonchev–Trinajstić information content (AvgIpc) is 2.56. The summed E-state index contributed by atoms with van der Waals surface area (Å²) in [5.74, 6) is -1.52. The van der Waals surface area contributed by atoms with Crippen LogP contribution in [0.15, 0.2) is 35.2 Å². The minimum atomic E-state index is -4.14. The highest BCUT2D eigenvalue weighted by Crippen LogP contribution is 2.28. The Morgan fingerprint density at radius 3 is 2.52 bits per heavy atom. The third-order valence-electron chi connectivity index (χ3n) is 3.32. The molecular weight excluding hydrogens is 442 g/mol. The molecule has 0 spiro atoms.